The molecule has 0 spiro atoms. The Morgan fingerprint density at radius 2 is 2.05 bits per heavy atom. The molecule has 0 saturated carbocycles. The quantitative estimate of drug-likeness (QED) is 0.850. The lowest BCUT2D eigenvalue weighted by Gasteiger charge is -2.17. The Hall–Kier alpha value is -1.75. The number of hydrogen-bond donors (Lipinski definition) is 1. The van der Waals surface area contributed by atoms with Gasteiger partial charge in [0.1, 0.15) is 11.6 Å². The van der Waals surface area contributed by atoms with Crippen molar-refractivity contribution in [2.75, 3.05) is 6.54 Å². The number of likely N-dealkylation sites (N-methyl/N-ethyl adjacent to an activating group) is 1. The summed E-state index contributed by atoms with van der Waals surface area (Å²) in [5.41, 5.74) is 1.65. The highest BCUT2D eigenvalue weighted by Gasteiger charge is 2.14. The molecule has 1 unspecified atom stereocenters. The third-order valence-electron chi connectivity index (χ3n) is 3.47. The molecule has 1 aromatic carbocycles. The number of halogens is 2. The van der Waals surface area contributed by atoms with Crippen LogP contribution in [0.5, 0.6) is 0 Å². The molecule has 0 bridgehead atoms. The lowest BCUT2D eigenvalue weighted by molar-refractivity contribution is 0.501. The molecule has 0 aliphatic rings. The standard InChI is InChI=1S/C16H21F2N3/c1-3-19-15(7-12-10-20-21(4-2)11-12)8-13-5-6-14(17)9-16(13)18/h5-6,9-11,15,19H,3-4,7-8H2,1-2H3. The van der Waals surface area contributed by atoms with Gasteiger partial charge in [0, 0.05) is 24.8 Å². The van der Waals surface area contributed by atoms with Crippen LogP contribution in [-0.2, 0) is 19.4 Å². The van der Waals surface area contributed by atoms with E-state index < -0.39 is 11.6 Å². The molecule has 0 fully saturated rings. The van der Waals surface area contributed by atoms with Gasteiger partial charge in [0.2, 0.25) is 0 Å². The summed E-state index contributed by atoms with van der Waals surface area (Å²) in [6.45, 7) is 5.68. The Labute approximate surface area is 124 Å². The Morgan fingerprint density at radius 3 is 2.67 bits per heavy atom. The van der Waals surface area contributed by atoms with Gasteiger partial charge in [-0.3, -0.25) is 4.68 Å². The summed E-state index contributed by atoms with van der Waals surface area (Å²) in [7, 11) is 0. The molecule has 2 rings (SSSR count). The maximum atomic E-state index is 13.8. The fourth-order valence-electron chi connectivity index (χ4n) is 2.43. The van der Waals surface area contributed by atoms with E-state index in [1.807, 2.05) is 30.9 Å². The highest BCUT2D eigenvalue weighted by Crippen LogP contribution is 2.14. The number of aryl methyl sites for hydroxylation is 1. The van der Waals surface area contributed by atoms with E-state index in [-0.39, 0.29) is 6.04 Å². The molecule has 0 saturated heterocycles. The Bertz CT molecular complexity index is 581. The van der Waals surface area contributed by atoms with Gasteiger partial charge in [0.25, 0.3) is 0 Å². The molecular weight excluding hydrogens is 272 g/mol. The minimum absolute atomic E-state index is 0.101. The lowest BCUT2D eigenvalue weighted by atomic mass is 10.00. The topological polar surface area (TPSA) is 29.9 Å². The van der Waals surface area contributed by atoms with Crippen molar-refractivity contribution in [3.8, 4) is 0 Å². The molecule has 1 heterocycles. The van der Waals surface area contributed by atoms with Crippen molar-refractivity contribution in [1.82, 2.24) is 15.1 Å². The van der Waals surface area contributed by atoms with Crippen molar-refractivity contribution in [1.29, 1.82) is 0 Å². The highest BCUT2D eigenvalue weighted by molar-refractivity contribution is 5.20. The Balaban J connectivity index is 2.07. The van der Waals surface area contributed by atoms with Gasteiger partial charge in [-0.05, 0) is 43.5 Å². The third kappa shape index (κ3) is 4.36. The van der Waals surface area contributed by atoms with Crippen LogP contribution < -0.4 is 5.32 Å². The van der Waals surface area contributed by atoms with E-state index in [4.69, 9.17) is 0 Å². The lowest BCUT2D eigenvalue weighted by Crippen LogP contribution is -2.33. The molecule has 3 nitrogen and oxygen atoms in total. The summed E-state index contributed by atoms with van der Waals surface area (Å²) >= 11 is 0. The van der Waals surface area contributed by atoms with Crippen LogP contribution in [0.2, 0.25) is 0 Å². The van der Waals surface area contributed by atoms with Crippen molar-refractivity contribution < 1.29 is 8.78 Å². The van der Waals surface area contributed by atoms with Gasteiger partial charge in [0.05, 0.1) is 6.20 Å². The zero-order chi connectivity index (χ0) is 15.2. The summed E-state index contributed by atoms with van der Waals surface area (Å²) in [5, 5.41) is 7.60. The number of nitrogens with one attached hydrogen (secondary N) is 1. The van der Waals surface area contributed by atoms with Crippen molar-refractivity contribution in [2.24, 2.45) is 0 Å². The molecule has 1 N–H and O–H groups in total. The van der Waals surface area contributed by atoms with Gasteiger partial charge in [-0.2, -0.15) is 5.10 Å². The molecule has 21 heavy (non-hydrogen) atoms. The Kier molecular flexibility index (Phi) is 5.44. The summed E-state index contributed by atoms with van der Waals surface area (Å²) in [6.07, 6.45) is 5.14. The second-order valence-corrected chi connectivity index (χ2v) is 5.10. The summed E-state index contributed by atoms with van der Waals surface area (Å²) in [4.78, 5) is 0. The first-order valence-corrected chi connectivity index (χ1v) is 7.31. The van der Waals surface area contributed by atoms with Crippen LogP contribution in [0.25, 0.3) is 0 Å². The first-order chi connectivity index (χ1) is 10.1. The van der Waals surface area contributed by atoms with Crippen molar-refractivity contribution in [2.45, 2.75) is 39.3 Å². The summed E-state index contributed by atoms with van der Waals surface area (Å²) < 4.78 is 28.6. The number of benzene rings is 1. The molecule has 2 aromatic rings. The fourth-order valence-corrected chi connectivity index (χ4v) is 2.43. The van der Waals surface area contributed by atoms with Gasteiger partial charge in [0.15, 0.2) is 0 Å². The van der Waals surface area contributed by atoms with Gasteiger partial charge >= 0.3 is 0 Å². The fraction of sp³-hybridized carbons (Fsp3) is 0.438. The first kappa shape index (κ1) is 15.6. The van der Waals surface area contributed by atoms with E-state index in [0.29, 0.717) is 12.0 Å². The average molecular weight is 293 g/mol. The predicted octanol–water partition coefficient (Wildman–Crippen LogP) is 2.94. The van der Waals surface area contributed by atoms with E-state index in [1.165, 1.54) is 12.1 Å². The van der Waals surface area contributed by atoms with E-state index >= 15 is 0 Å². The molecular formula is C16H21F2N3. The molecule has 1 aromatic heterocycles. The zero-order valence-corrected chi connectivity index (χ0v) is 12.4. The molecule has 1 atom stereocenters. The third-order valence-corrected chi connectivity index (χ3v) is 3.47. The zero-order valence-electron chi connectivity index (χ0n) is 12.4. The molecule has 0 aliphatic carbocycles. The molecule has 0 aliphatic heterocycles. The largest absolute Gasteiger partial charge is 0.314 e. The van der Waals surface area contributed by atoms with E-state index in [0.717, 1.165) is 31.1 Å². The van der Waals surface area contributed by atoms with Crippen molar-refractivity contribution in [3.05, 3.63) is 53.4 Å². The SMILES string of the molecule is CCNC(Cc1cnn(CC)c1)Cc1ccc(F)cc1F. The van der Waals surface area contributed by atoms with Crippen LogP contribution >= 0.6 is 0 Å². The van der Waals surface area contributed by atoms with Gasteiger partial charge in [-0.1, -0.05) is 13.0 Å². The van der Waals surface area contributed by atoms with Crippen molar-refractivity contribution >= 4 is 0 Å². The van der Waals surface area contributed by atoms with Crippen LogP contribution in [0, 0.1) is 11.6 Å². The van der Waals surface area contributed by atoms with Gasteiger partial charge in [-0.25, -0.2) is 8.78 Å². The monoisotopic (exact) mass is 293 g/mol. The van der Waals surface area contributed by atoms with Crippen LogP contribution in [-0.4, -0.2) is 22.4 Å². The van der Waals surface area contributed by atoms with Crippen LogP contribution in [0.3, 0.4) is 0 Å². The van der Waals surface area contributed by atoms with Crippen LogP contribution in [0.15, 0.2) is 30.6 Å². The summed E-state index contributed by atoms with van der Waals surface area (Å²) in [5.74, 6) is -1.03. The smallest absolute Gasteiger partial charge is 0.129 e. The van der Waals surface area contributed by atoms with E-state index in [2.05, 4.69) is 10.4 Å². The average Bonchev–Trinajstić information content (AvgIpc) is 2.90. The second kappa shape index (κ2) is 7.31. The molecule has 0 radical (unpaired) electrons. The predicted molar refractivity (Wildman–Crippen MR) is 79.1 cm³/mol. The Morgan fingerprint density at radius 1 is 1.24 bits per heavy atom. The van der Waals surface area contributed by atoms with Gasteiger partial charge in [-0.15, -0.1) is 0 Å². The first-order valence-electron chi connectivity index (χ1n) is 7.31. The summed E-state index contributed by atoms with van der Waals surface area (Å²) in [6, 6.07) is 3.86. The van der Waals surface area contributed by atoms with Crippen LogP contribution in [0.1, 0.15) is 25.0 Å². The molecule has 5 heteroatoms. The number of aromatic nitrogens is 2. The number of hydrogen-bond acceptors (Lipinski definition) is 2. The second-order valence-electron chi connectivity index (χ2n) is 5.10. The minimum atomic E-state index is -0.541. The normalized spacial score (nSPS) is 12.6. The minimum Gasteiger partial charge on any atom is -0.314 e. The van der Waals surface area contributed by atoms with E-state index in [9.17, 15) is 8.78 Å². The maximum Gasteiger partial charge on any atom is 0.129 e. The van der Waals surface area contributed by atoms with Gasteiger partial charge < -0.3 is 5.32 Å². The van der Waals surface area contributed by atoms with Crippen LogP contribution in [0.4, 0.5) is 8.78 Å². The highest BCUT2D eigenvalue weighted by atomic mass is 19.1. The van der Waals surface area contributed by atoms with Crippen molar-refractivity contribution in [3.63, 3.8) is 0 Å². The molecule has 114 valence electrons. The van der Waals surface area contributed by atoms with E-state index in [1.54, 1.807) is 0 Å². The number of rotatable bonds is 7. The maximum absolute atomic E-state index is 13.8. The molecule has 0 amide bonds. The number of nitrogens with zero attached hydrogens (tertiary/aromatic N) is 2.